The SMILES string of the molecule is CCCc1ccc(C(=O)CC2(O)C(=O)N(Cc3ccc(C)cc3)c3ccc(Cl)cc32)cc1. The zero-order chi connectivity index (χ0) is 22.9. The minimum Gasteiger partial charge on any atom is -0.375 e. The number of Topliss-reactive ketones (excluding diaryl/α,β-unsaturated/α-hetero) is 1. The Morgan fingerprint density at radius 1 is 1.00 bits per heavy atom. The third kappa shape index (κ3) is 4.21. The predicted molar refractivity (Wildman–Crippen MR) is 127 cm³/mol. The molecule has 4 nitrogen and oxygen atoms in total. The lowest BCUT2D eigenvalue weighted by Gasteiger charge is -2.23. The summed E-state index contributed by atoms with van der Waals surface area (Å²) >= 11 is 6.20. The quantitative estimate of drug-likeness (QED) is 0.479. The number of carbonyl (C=O) groups excluding carboxylic acids is 2. The van der Waals surface area contributed by atoms with Crippen LogP contribution in [0, 0.1) is 6.92 Å². The number of aliphatic hydroxyl groups is 1. The van der Waals surface area contributed by atoms with E-state index in [1.165, 1.54) is 4.90 Å². The second kappa shape index (κ2) is 8.89. The fraction of sp³-hybridized carbons (Fsp3) is 0.259. The van der Waals surface area contributed by atoms with Gasteiger partial charge >= 0.3 is 0 Å². The maximum atomic E-state index is 13.5. The van der Waals surface area contributed by atoms with Crippen molar-refractivity contribution >= 4 is 29.0 Å². The summed E-state index contributed by atoms with van der Waals surface area (Å²) in [5, 5.41) is 11.9. The number of halogens is 1. The van der Waals surface area contributed by atoms with Gasteiger partial charge in [-0.15, -0.1) is 0 Å². The first-order valence-electron chi connectivity index (χ1n) is 10.8. The van der Waals surface area contributed by atoms with Crippen LogP contribution in [0.5, 0.6) is 0 Å². The number of hydrogen-bond acceptors (Lipinski definition) is 3. The molecule has 1 N–H and O–H groups in total. The Morgan fingerprint density at radius 2 is 1.66 bits per heavy atom. The van der Waals surface area contributed by atoms with Crippen LogP contribution in [0.25, 0.3) is 0 Å². The molecule has 1 aliphatic rings. The lowest BCUT2D eigenvalue weighted by molar-refractivity contribution is -0.136. The average Bonchev–Trinajstić information content (AvgIpc) is 2.97. The normalized spacial score (nSPS) is 17.5. The average molecular weight is 448 g/mol. The third-order valence-corrected chi connectivity index (χ3v) is 6.22. The number of benzene rings is 3. The van der Waals surface area contributed by atoms with Gasteiger partial charge in [-0.25, -0.2) is 0 Å². The molecule has 32 heavy (non-hydrogen) atoms. The Kier molecular flexibility index (Phi) is 6.18. The van der Waals surface area contributed by atoms with Crippen molar-refractivity contribution in [3.05, 3.63) is 99.6 Å². The summed E-state index contributed by atoms with van der Waals surface area (Å²) in [5.74, 6) is -0.793. The van der Waals surface area contributed by atoms with E-state index >= 15 is 0 Å². The molecule has 0 saturated heterocycles. The fourth-order valence-corrected chi connectivity index (χ4v) is 4.38. The van der Waals surface area contributed by atoms with Crippen LogP contribution in [0.2, 0.25) is 5.02 Å². The molecule has 0 radical (unpaired) electrons. The summed E-state index contributed by atoms with van der Waals surface area (Å²) in [7, 11) is 0. The summed E-state index contributed by atoms with van der Waals surface area (Å²) < 4.78 is 0. The highest BCUT2D eigenvalue weighted by molar-refractivity contribution is 6.31. The van der Waals surface area contributed by atoms with Crippen LogP contribution in [0.1, 0.15) is 52.4 Å². The van der Waals surface area contributed by atoms with Crippen molar-refractivity contribution in [1.82, 2.24) is 0 Å². The third-order valence-electron chi connectivity index (χ3n) is 5.99. The summed E-state index contributed by atoms with van der Waals surface area (Å²) in [5.41, 5.74) is 2.69. The minimum atomic E-state index is -1.95. The molecule has 0 fully saturated rings. The molecule has 5 heteroatoms. The lowest BCUT2D eigenvalue weighted by Crippen LogP contribution is -2.41. The van der Waals surface area contributed by atoms with E-state index in [0.29, 0.717) is 28.4 Å². The second-order valence-electron chi connectivity index (χ2n) is 8.45. The van der Waals surface area contributed by atoms with E-state index in [4.69, 9.17) is 11.6 Å². The number of amides is 1. The summed E-state index contributed by atoms with van der Waals surface area (Å²) in [6.07, 6.45) is 1.63. The van der Waals surface area contributed by atoms with Crippen LogP contribution in [0.4, 0.5) is 5.69 Å². The molecular weight excluding hydrogens is 422 g/mol. The second-order valence-corrected chi connectivity index (χ2v) is 8.88. The Labute approximate surface area is 193 Å². The van der Waals surface area contributed by atoms with Gasteiger partial charge in [-0.05, 0) is 42.7 Å². The van der Waals surface area contributed by atoms with Crippen molar-refractivity contribution in [1.29, 1.82) is 0 Å². The molecule has 1 amide bonds. The molecule has 0 saturated carbocycles. The lowest BCUT2D eigenvalue weighted by atomic mass is 9.88. The number of aryl methyl sites for hydroxylation is 2. The van der Waals surface area contributed by atoms with Gasteiger partial charge in [-0.1, -0.05) is 79.0 Å². The summed E-state index contributed by atoms with van der Waals surface area (Å²) in [6.45, 7) is 4.41. The Bertz CT molecular complexity index is 1150. The van der Waals surface area contributed by atoms with Crippen LogP contribution < -0.4 is 4.90 Å². The summed E-state index contributed by atoms with van der Waals surface area (Å²) in [6, 6.07) is 20.3. The van der Waals surface area contributed by atoms with Crippen LogP contribution in [0.15, 0.2) is 66.7 Å². The number of hydrogen-bond donors (Lipinski definition) is 1. The standard InChI is InChI=1S/C27H26ClNO3/c1-3-4-19-9-11-21(12-10-19)25(30)16-27(32)23-15-22(28)13-14-24(23)29(26(27)31)17-20-7-5-18(2)6-8-20/h5-15,32H,3-4,16-17H2,1-2H3. The van der Waals surface area contributed by atoms with Gasteiger partial charge in [0.25, 0.3) is 5.91 Å². The number of ketones is 1. The van der Waals surface area contributed by atoms with E-state index in [0.717, 1.165) is 29.5 Å². The van der Waals surface area contributed by atoms with E-state index in [2.05, 4.69) is 6.92 Å². The van der Waals surface area contributed by atoms with Crippen LogP contribution >= 0.6 is 11.6 Å². The predicted octanol–water partition coefficient (Wildman–Crippen LogP) is 5.61. The van der Waals surface area contributed by atoms with E-state index < -0.39 is 11.5 Å². The van der Waals surface area contributed by atoms with Crippen LogP contribution in [-0.4, -0.2) is 16.8 Å². The van der Waals surface area contributed by atoms with Gasteiger partial charge < -0.3 is 10.0 Å². The number of rotatable bonds is 7. The number of anilines is 1. The molecule has 0 aliphatic carbocycles. The highest BCUT2D eigenvalue weighted by Gasteiger charge is 2.51. The van der Waals surface area contributed by atoms with Crippen molar-refractivity contribution in [2.24, 2.45) is 0 Å². The van der Waals surface area contributed by atoms with Crippen molar-refractivity contribution in [2.45, 2.75) is 45.3 Å². The van der Waals surface area contributed by atoms with Crippen molar-refractivity contribution in [3.8, 4) is 0 Å². The minimum absolute atomic E-state index is 0.285. The van der Waals surface area contributed by atoms with Gasteiger partial charge in [0, 0.05) is 16.1 Å². The van der Waals surface area contributed by atoms with Gasteiger partial charge in [-0.3, -0.25) is 9.59 Å². The van der Waals surface area contributed by atoms with Crippen molar-refractivity contribution < 1.29 is 14.7 Å². The summed E-state index contributed by atoms with van der Waals surface area (Å²) in [4.78, 5) is 28.0. The molecular formula is C27H26ClNO3. The maximum Gasteiger partial charge on any atom is 0.264 e. The van der Waals surface area contributed by atoms with Crippen LogP contribution in [-0.2, 0) is 23.4 Å². The Balaban J connectivity index is 1.65. The zero-order valence-electron chi connectivity index (χ0n) is 18.3. The monoisotopic (exact) mass is 447 g/mol. The van der Waals surface area contributed by atoms with E-state index in [-0.39, 0.29) is 12.2 Å². The molecule has 0 bridgehead atoms. The molecule has 1 atom stereocenters. The van der Waals surface area contributed by atoms with E-state index in [9.17, 15) is 14.7 Å². The molecule has 3 aromatic carbocycles. The molecule has 0 spiro atoms. The molecule has 1 heterocycles. The van der Waals surface area contributed by atoms with Gasteiger partial charge in [0.15, 0.2) is 11.4 Å². The number of fused-ring (bicyclic) bond motifs is 1. The Hall–Kier alpha value is -2.95. The highest BCUT2D eigenvalue weighted by atomic mass is 35.5. The van der Waals surface area contributed by atoms with E-state index in [1.807, 2.05) is 43.3 Å². The smallest absolute Gasteiger partial charge is 0.264 e. The van der Waals surface area contributed by atoms with Crippen molar-refractivity contribution in [2.75, 3.05) is 4.90 Å². The van der Waals surface area contributed by atoms with Crippen molar-refractivity contribution in [3.63, 3.8) is 0 Å². The first kappa shape index (κ1) is 22.3. The van der Waals surface area contributed by atoms with Gasteiger partial charge in [-0.2, -0.15) is 0 Å². The van der Waals surface area contributed by atoms with Gasteiger partial charge in [0.2, 0.25) is 0 Å². The molecule has 1 aliphatic heterocycles. The van der Waals surface area contributed by atoms with E-state index in [1.54, 1.807) is 30.3 Å². The van der Waals surface area contributed by atoms with Crippen LogP contribution in [0.3, 0.4) is 0 Å². The topological polar surface area (TPSA) is 57.6 Å². The highest BCUT2D eigenvalue weighted by Crippen LogP contribution is 2.44. The van der Waals surface area contributed by atoms with Gasteiger partial charge in [0.05, 0.1) is 18.7 Å². The molecule has 0 aromatic heterocycles. The molecule has 164 valence electrons. The maximum absolute atomic E-state index is 13.5. The number of nitrogens with zero attached hydrogens (tertiary/aromatic N) is 1. The molecule has 1 unspecified atom stereocenters. The molecule has 4 rings (SSSR count). The first-order chi connectivity index (χ1) is 15.3. The first-order valence-corrected chi connectivity index (χ1v) is 11.2. The molecule has 3 aromatic rings. The number of carbonyl (C=O) groups is 2. The zero-order valence-corrected chi connectivity index (χ0v) is 19.0. The Morgan fingerprint density at radius 3 is 2.31 bits per heavy atom. The van der Waals surface area contributed by atoms with Gasteiger partial charge in [0.1, 0.15) is 0 Å². The fourth-order valence-electron chi connectivity index (χ4n) is 4.21. The largest absolute Gasteiger partial charge is 0.375 e.